The van der Waals surface area contributed by atoms with Crippen LogP contribution in [0.25, 0.3) is 0 Å². The van der Waals surface area contributed by atoms with Gasteiger partial charge in [0.15, 0.2) is 0 Å². The minimum absolute atomic E-state index is 0.0985. The van der Waals surface area contributed by atoms with Crippen LogP contribution in [0.4, 0.5) is 0 Å². The maximum atomic E-state index is 10.8. The first-order chi connectivity index (χ1) is 8.11. The average Bonchev–Trinajstić information content (AvgIpc) is 2.28. The standard InChI is InChI=1S/C13H27NO3/c1-3-4-5-6-7-8-14(9-10-15)11-12(2)13(16)17/h12,15H,3-11H2,1-2H3,(H,16,17). The molecule has 4 heteroatoms. The van der Waals surface area contributed by atoms with E-state index >= 15 is 0 Å². The van der Waals surface area contributed by atoms with E-state index < -0.39 is 5.97 Å². The van der Waals surface area contributed by atoms with E-state index in [0.29, 0.717) is 13.1 Å². The van der Waals surface area contributed by atoms with Gasteiger partial charge in [0.2, 0.25) is 0 Å². The summed E-state index contributed by atoms with van der Waals surface area (Å²) in [6.07, 6.45) is 6.03. The van der Waals surface area contributed by atoms with Crippen LogP contribution in [0.15, 0.2) is 0 Å². The smallest absolute Gasteiger partial charge is 0.307 e. The molecular weight excluding hydrogens is 218 g/mol. The summed E-state index contributed by atoms with van der Waals surface area (Å²) in [4.78, 5) is 12.8. The van der Waals surface area contributed by atoms with Gasteiger partial charge in [-0.2, -0.15) is 0 Å². The third kappa shape index (κ3) is 9.12. The van der Waals surface area contributed by atoms with Gasteiger partial charge >= 0.3 is 5.97 Å². The van der Waals surface area contributed by atoms with Gasteiger partial charge in [0, 0.05) is 13.1 Å². The second-order valence-electron chi connectivity index (χ2n) is 4.68. The van der Waals surface area contributed by atoms with Gasteiger partial charge in [0.05, 0.1) is 12.5 Å². The zero-order valence-corrected chi connectivity index (χ0v) is 11.2. The molecule has 1 unspecified atom stereocenters. The highest BCUT2D eigenvalue weighted by Gasteiger charge is 2.15. The molecule has 0 saturated heterocycles. The minimum atomic E-state index is -0.765. The molecule has 0 amide bonds. The second-order valence-corrected chi connectivity index (χ2v) is 4.68. The summed E-state index contributed by atoms with van der Waals surface area (Å²) in [5, 5.41) is 17.8. The normalized spacial score (nSPS) is 12.9. The molecule has 0 fully saturated rings. The van der Waals surface area contributed by atoms with Gasteiger partial charge in [-0.3, -0.25) is 4.79 Å². The van der Waals surface area contributed by atoms with E-state index in [1.807, 2.05) is 4.90 Å². The molecule has 1 atom stereocenters. The Morgan fingerprint density at radius 3 is 2.35 bits per heavy atom. The van der Waals surface area contributed by atoms with Crippen LogP contribution in [0, 0.1) is 5.92 Å². The topological polar surface area (TPSA) is 60.8 Å². The number of aliphatic carboxylic acids is 1. The molecule has 0 heterocycles. The van der Waals surface area contributed by atoms with E-state index in [0.717, 1.165) is 13.0 Å². The van der Waals surface area contributed by atoms with Crippen LogP contribution in [0.3, 0.4) is 0 Å². The number of rotatable bonds is 11. The molecular formula is C13H27NO3. The highest BCUT2D eigenvalue weighted by Crippen LogP contribution is 2.06. The first-order valence-electron chi connectivity index (χ1n) is 6.67. The predicted molar refractivity (Wildman–Crippen MR) is 69.1 cm³/mol. The Hall–Kier alpha value is -0.610. The molecule has 0 saturated carbocycles. The molecule has 0 aliphatic carbocycles. The van der Waals surface area contributed by atoms with Crippen molar-refractivity contribution in [3.8, 4) is 0 Å². The lowest BCUT2D eigenvalue weighted by atomic mass is 10.1. The Morgan fingerprint density at radius 2 is 1.82 bits per heavy atom. The minimum Gasteiger partial charge on any atom is -0.481 e. The molecule has 0 aliphatic rings. The van der Waals surface area contributed by atoms with Crippen LogP contribution in [-0.2, 0) is 4.79 Å². The molecule has 0 radical (unpaired) electrons. The summed E-state index contributed by atoms with van der Waals surface area (Å²) in [5.41, 5.74) is 0. The number of unbranched alkanes of at least 4 members (excludes halogenated alkanes) is 4. The fraction of sp³-hybridized carbons (Fsp3) is 0.923. The zero-order valence-electron chi connectivity index (χ0n) is 11.2. The van der Waals surface area contributed by atoms with Crippen LogP contribution in [0.1, 0.15) is 46.0 Å². The number of nitrogens with zero attached hydrogens (tertiary/aromatic N) is 1. The maximum Gasteiger partial charge on any atom is 0.307 e. The number of carboxylic acids is 1. The van der Waals surface area contributed by atoms with E-state index in [-0.39, 0.29) is 12.5 Å². The molecule has 0 rings (SSSR count). The quantitative estimate of drug-likeness (QED) is 0.546. The molecule has 17 heavy (non-hydrogen) atoms. The lowest BCUT2D eigenvalue weighted by Gasteiger charge is -2.23. The van der Waals surface area contributed by atoms with E-state index in [2.05, 4.69) is 6.92 Å². The van der Waals surface area contributed by atoms with Crippen LogP contribution < -0.4 is 0 Å². The molecule has 0 bridgehead atoms. The molecule has 4 nitrogen and oxygen atoms in total. The Kier molecular flexibility index (Phi) is 10.2. The Morgan fingerprint density at radius 1 is 1.18 bits per heavy atom. The van der Waals surface area contributed by atoms with Crippen LogP contribution in [0.5, 0.6) is 0 Å². The van der Waals surface area contributed by atoms with Gasteiger partial charge in [-0.25, -0.2) is 0 Å². The largest absolute Gasteiger partial charge is 0.481 e. The molecule has 0 spiro atoms. The van der Waals surface area contributed by atoms with Gasteiger partial charge in [0.25, 0.3) is 0 Å². The molecule has 0 aromatic heterocycles. The van der Waals surface area contributed by atoms with Crippen LogP contribution in [-0.4, -0.2) is 47.3 Å². The highest BCUT2D eigenvalue weighted by molar-refractivity contribution is 5.69. The first-order valence-corrected chi connectivity index (χ1v) is 6.67. The van der Waals surface area contributed by atoms with Gasteiger partial charge in [-0.1, -0.05) is 39.5 Å². The van der Waals surface area contributed by atoms with Gasteiger partial charge in [-0.15, -0.1) is 0 Å². The number of hydrogen-bond acceptors (Lipinski definition) is 3. The maximum absolute atomic E-state index is 10.8. The number of carbonyl (C=O) groups is 1. The van der Waals surface area contributed by atoms with Crippen molar-refractivity contribution in [2.45, 2.75) is 46.0 Å². The third-order valence-corrected chi connectivity index (χ3v) is 2.95. The molecule has 0 aromatic carbocycles. The van der Waals surface area contributed by atoms with Crippen molar-refractivity contribution < 1.29 is 15.0 Å². The van der Waals surface area contributed by atoms with Gasteiger partial charge in [-0.05, 0) is 13.0 Å². The summed E-state index contributed by atoms with van der Waals surface area (Å²) in [6, 6.07) is 0. The van der Waals surface area contributed by atoms with Crippen molar-refractivity contribution in [2.24, 2.45) is 5.92 Å². The monoisotopic (exact) mass is 245 g/mol. The third-order valence-electron chi connectivity index (χ3n) is 2.95. The first kappa shape index (κ1) is 16.4. The molecule has 102 valence electrons. The molecule has 2 N–H and O–H groups in total. The number of carboxylic acid groups (broad SMARTS) is 1. The van der Waals surface area contributed by atoms with Gasteiger partial charge in [0.1, 0.15) is 0 Å². The fourth-order valence-electron chi connectivity index (χ4n) is 1.84. The summed E-state index contributed by atoms with van der Waals surface area (Å²) in [6.45, 7) is 5.99. The Labute approximate surface area is 105 Å². The van der Waals surface area contributed by atoms with Crippen molar-refractivity contribution in [2.75, 3.05) is 26.2 Å². The van der Waals surface area contributed by atoms with Crippen LogP contribution in [0.2, 0.25) is 0 Å². The van der Waals surface area contributed by atoms with E-state index in [1.54, 1.807) is 6.92 Å². The van der Waals surface area contributed by atoms with Crippen molar-refractivity contribution in [1.29, 1.82) is 0 Å². The number of hydrogen-bond donors (Lipinski definition) is 2. The van der Waals surface area contributed by atoms with Gasteiger partial charge < -0.3 is 15.1 Å². The lowest BCUT2D eigenvalue weighted by Crippen LogP contribution is -2.34. The molecule has 0 aliphatic heterocycles. The van der Waals surface area contributed by atoms with Crippen LogP contribution >= 0.6 is 0 Å². The summed E-state index contributed by atoms with van der Waals surface area (Å²) < 4.78 is 0. The van der Waals surface area contributed by atoms with E-state index in [4.69, 9.17) is 10.2 Å². The van der Waals surface area contributed by atoms with E-state index in [9.17, 15) is 4.79 Å². The van der Waals surface area contributed by atoms with Crippen molar-refractivity contribution >= 4 is 5.97 Å². The Bertz CT molecular complexity index is 197. The summed E-state index contributed by atoms with van der Waals surface area (Å²) in [7, 11) is 0. The lowest BCUT2D eigenvalue weighted by molar-refractivity contribution is -0.141. The van der Waals surface area contributed by atoms with Crippen molar-refractivity contribution in [1.82, 2.24) is 4.90 Å². The average molecular weight is 245 g/mol. The fourth-order valence-corrected chi connectivity index (χ4v) is 1.84. The Balaban J connectivity index is 3.77. The summed E-state index contributed by atoms with van der Waals surface area (Å²) >= 11 is 0. The van der Waals surface area contributed by atoms with Crippen molar-refractivity contribution in [3.05, 3.63) is 0 Å². The summed E-state index contributed by atoms with van der Waals surface area (Å²) in [5.74, 6) is -1.13. The predicted octanol–water partition coefficient (Wildman–Crippen LogP) is 1.97. The van der Waals surface area contributed by atoms with Crippen molar-refractivity contribution in [3.63, 3.8) is 0 Å². The number of aliphatic hydroxyl groups is 1. The zero-order chi connectivity index (χ0) is 13.1. The SMILES string of the molecule is CCCCCCCN(CCO)CC(C)C(=O)O. The highest BCUT2D eigenvalue weighted by atomic mass is 16.4. The number of aliphatic hydroxyl groups excluding tert-OH is 1. The second kappa shape index (κ2) is 10.5. The molecule has 0 aromatic rings. The van der Waals surface area contributed by atoms with E-state index in [1.165, 1.54) is 25.7 Å².